The number of rotatable bonds is 12. The largest absolute Gasteiger partial charge is 0.247 e. The standard InChI is InChI=1S/C52H52N8/c1-5-29-57-33-13-9-17-45(57)49-37-21-23-39(53-37)50(46-18-10-14-34-58(46)30-6-2)41-25-27-43(55-41)52(48-20-12-16-36-60(48)32-8-4)44-28-26-42(56-44)51(40-24-22-38(49)54-40)47-19-11-15-35-59(47)31-7-3/h9-28,33-36H,5-8,29-32H2,1-4H3/q+4. The Labute approximate surface area is 353 Å². The number of hydrogen-bond acceptors (Lipinski definition) is 4. The first-order valence-electron chi connectivity index (χ1n) is 21.6. The van der Waals surface area contributed by atoms with E-state index in [2.05, 4.69) is 192 Å². The molecule has 0 aromatic carbocycles. The van der Waals surface area contributed by atoms with Crippen LogP contribution in [0.15, 0.2) is 189 Å². The van der Waals surface area contributed by atoms with Gasteiger partial charge in [-0.1, -0.05) is 27.7 Å². The maximum atomic E-state index is 5.55. The van der Waals surface area contributed by atoms with E-state index < -0.39 is 0 Å². The Balaban J connectivity index is 1.40. The van der Waals surface area contributed by atoms with Crippen molar-refractivity contribution in [2.24, 2.45) is 20.0 Å². The zero-order valence-corrected chi connectivity index (χ0v) is 35.1. The average Bonchev–Trinajstić information content (AvgIpc) is 4.12. The van der Waals surface area contributed by atoms with Crippen molar-refractivity contribution < 1.29 is 18.3 Å². The van der Waals surface area contributed by atoms with E-state index >= 15 is 0 Å². The minimum atomic E-state index is 0.869. The highest BCUT2D eigenvalue weighted by Gasteiger charge is 2.34. The van der Waals surface area contributed by atoms with E-state index in [-0.39, 0.29) is 0 Å². The van der Waals surface area contributed by atoms with Gasteiger partial charge < -0.3 is 0 Å². The number of pyridine rings is 4. The third-order valence-corrected chi connectivity index (χ3v) is 11.3. The molecule has 8 heteroatoms. The van der Waals surface area contributed by atoms with E-state index in [0.29, 0.717) is 0 Å². The molecule has 0 fully saturated rings. The van der Waals surface area contributed by atoms with Crippen molar-refractivity contribution in [2.75, 3.05) is 0 Å². The van der Waals surface area contributed by atoms with Gasteiger partial charge in [-0.25, -0.2) is 20.0 Å². The number of hydrogen-bond donors (Lipinski definition) is 0. The van der Waals surface area contributed by atoms with Crippen molar-refractivity contribution in [2.45, 2.75) is 79.6 Å². The van der Waals surface area contributed by atoms with Crippen molar-refractivity contribution in [1.29, 1.82) is 0 Å². The summed E-state index contributed by atoms with van der Waals surface area (Å²) in [6, 6.07) is 25.6. The van der Waals surface area contributed by atoms with Gasteiger partial charge in [0.1, 0.15) is 26.2 Å². The fraction of sp³-hybridized carbons (Fsp3) is 0.231. The summed E-state index contributed by atoms with van der Waals surface area (Å²) in [6.07, 6.45) is 29.9. The smallest absolute Gasteiger partial charge is 0.216 e. The molecule has 60 heavy (non-hydrogen) atoms. The van der Waals surface area contributed by atoms with Crippen LogP contribution in [0.2, 0.25) is 0 Å². The fourth-order valence-corrected chi connectivity index (χ4v) is 8.69. The number of allylic oxidation sites excluding steroid dienone is 12. The van der Waals surface area contributed by atoms with E-state index in [1.165, 1.54) is 0 Å². The molecule has 0 radical (unpaired) electrons. The predicted octanol–water partition coefficient (Wildman–Crippen LogP) is 8.48. The van der Waals surface area contributed by atoms with Crippen LogP contribution >= 0.6 is 0 Å². The molecule has 5 aliphatic heterocycles. The number of aryl methyl sites for hydroxylation is 4. The molecule has 0 atom stereocenters. The lowest BCUT2D eigenvalue weighted by atomic mass is 10.0. The van der Waals surface area contributed by atoms with Crippen molar-refractivity contribution in [3.63, 3.8) is 0 Å². The van der Waals surface area contributed by atoms with E-state index in [9.17, 15) is 0 Å². The Morgan fingerprint density at radius 1 is 0.317 bits per heavy atom. The number of aliphatic imine (C=N–C) groups is 4. The highest BCUT2D eigenvalue weighted by atomic mass is 15.0. The highest BCUT2D eigenvalue weighted by Crippen LogP contribution is 2.37. The number of nitrogens with zero attached hydrogens (tertiary/aromatic N) is 8. The normalized spacial score (nSPS) is 16.7. The van der Waals surface area contributed by atoms with Crippen LogP contribution in [0.3, 0.4) is 0 Å². The molecule has 0 N–H and O–H groups in total. The van der Waals surface area contributed by atoms with Crippen molar-refractivity contribution in [3.05, 3.63) is 192 Å². The Kier molecular flexibility index (Phi) is 11.1. The summed E-state index contributed by atoms with van der Waals surface area (Å²) in [5.41, 5.74) is 15.2. The Hall–Kier alpha value is -6.80. The van der Waals surface area contributed by atoms with Gasteiger partial charge in [-0.05, 0) is 72.9 Å². The van der Waals surface area contributed by atoms with Gasteiger partial charge >= 0.3 is 0 Å². The molecule has 296 valence electrons. The summed E-state index contributed by atoms with van der Waals surface area (Å²) in [5, 5.41) is 0. The van der Waals surface area contributed by atoms with Gasteiger partial charge in [-0.2, -0.15) is 18.3 Å². The van der Waals surface area contributed by atoms with Crippen molar-refractivity contribution in [1.82, 2.24) is 0 Å². The van der Waals surface area contributed by atoms with Crippen molar-refractivity contribution in [3.8, 4) is 0 Å². The van der Waals surface area contributed by atoms with Crippen LogP contribution in [0, 0.1) is 0 Å². The van der Waals surface area contributed by atoms with Gasteiger partial charge in [0.15, 0.2) is 24.8 Å². The molecule has 0 saturated heterocycles. The van der Waals surface area contributed by atoms with Crippen LogP contribution in [-0.4, -0.2) is 22.8 Å². The fourth-order valence-electron chi connectivity index (χ4n) is 8.69. The molecule has 5 aliphatic rings. The Morgan fingerprint density at radius 3 is 0.767 bits per heavy atom. The molecule has 0 amide bonds. The van der Waals surface area contributed by atoms with E-state index in [4.69, 9.17) is 20.0 Å². The molecular formula is C52H52N8+4. The predicted molar refractivity (Wildman–Crippen MR) is 242 cm³/mol. The Bertz CT molecular complexity index is 2410. The zero-order valence-electron chi connectivity index (χ0n) is 35.1. The van der Waals surface area contributed by atoms with Crippen LogP contribution in [0.25, 0.3) is 22.3 Å². The summed E-state index contributed by atoms with van der Waals surface area (Å²) in [4.78, 5) is 22.2. The summed E-state index contributed by atoms with van der Waals surface area (Å²) in [6.45, 7) is 12.4. The monoisotopic (exact) mass is 788 g/mol. The summed E-state index contributed by atoms with van der Waals surface area (Å²) in [7, 11) is 0. The second-order valence-electron chi connectivity index (χ2n) is 15.5. The minimum Gasteiger partial charge on any atom is -0.247 e. The average molecular weight is 789 g/mol. The molecular weight excluding hydrogens is 737 g/mol. The van der Waals surface area contributed by atoms with Gasteiger partial charge in [0, 0.05) is 74.2 Å². The van der Waals surface area contributed by atoms with Crippen LogP contribution in [-0.2, 0) is 26.2 Å². The SMILES string of the molecule is CCC[n+]1ccccc1C1=C2C=CC(=N2)C(c2cccc[n+]2CCC)=C2C=CC(=N2)C(c2cccc[n+]2CCC)=C2C=CC(=N2)C(c2cccc[n+]2CCC)=C2C=CC1=N2. The van der Waals surface area contributed by atoms with Crippen LogP contribution in [0.4, 0.5) is 0 Å². The number of fused-ring (bicyclic) bond motifs is 4. The lowest BCUT2D eigenvalue weighted by Crippen LogP contribution is -2.38. The highest BCUT2D eigenvalue weighted by molar-refractivity contribution is 6.39. The maximum absolute atomic E-state index is 5.55. The lowest BCUT2D eigenvalue weighted by molar-refractivity contribution is -0.699. The third-order valence-electron chi connectivity index (χ3n) is 11.3. The molecule has 0 spiro atoms. The summed E-state index contributed by atoms with van der Waals surface area (Å²) in [5.74, 6) is 0. The number of aromatic nitrogens is 4. The van der Waals surface area contributed by atoms with Gasteiger partial charge in [0.25, 0.3) is 0 Å². The van der Waals surface area contributed by atoms with E-state index in [1.54, 1.807) is 0 Å². The second kappa shape index (κ2) is 17.2. The third kappa shape index (κ3) is 7.27. The summed E-state index contributed by atoms with van der Waals surface area (Å²) >= 11 is 0. The van der Waals surface area contributed by atoms with Crippen molar-refractivity contribution >= 4 is 45.1 Å². The molecule has 9 heterocycles. The first kappa shape index (κ1) is 38.7. The molecule has 0 unspecified atom stereocenters. The summed E-state index contributed by atoms with van der Waals surface area (Å²) < 4.78 is 9.30. The second-order valence-corrected chi connectivity index (χ2v) is 15.5. The van der Waals surface area contributed by atoms with Gasteiger partial charge in [-0.3, -0.25) is 0 Å². The molecule has 0 aliphatic carbocycles. The van der Waals surface area contributed by atoms with Gasteiger partial charge in [0.05, 0.1) is 67.9 Å². The lowest BCUT2D eigenvalue weighted by Gasteiger charge is -2.11. The molecule has 0 saturated carbocycles. The van der Waals surface area contributed by atoms with Crippen LogP contribution in [0.1, 0.15) is 76.2 Å². The van der Waals surface area contributed by atoms with Gasteiger partial charge in [-0.15, -0.1) is 0 Å². The van der Waals surface area contributed by atoms with Gasteiger partial charge in [0.2, 0.25) is 22.8 Å². The quantitative estimate of drug-likeness (QED) is 0.129. The molecule has 9 rings (SSSR count). The molecule has 8 nitrogen and oxygen atoms in total. The zero-order chi connectivity index (χ0) is 41.0. The molecule has 8 bridgehead atoms. The minimum absolute atomic E-state index is 0.869. The molecule has 4 aromatic rings. The Morgan fingerprint density at radius 2 is 0.550 bits per heavy atom. The molecule has 4 aromatic heterocycles. The van der Waals surface area contributed by atoms with E-state index in [1.807, 2.05) is 0 Å². The van der Waals surface area contributed by atoms with E-state index in [0.717, 1.165) is 143 Å². The first-order chi connectivity index (χ1) is 29.6. The van der Waals surface area contributed by atoms with Crippen LogP contribution in [0.5, 0.6) is 0 Å². The van der Waals surface area contributed by atoms with Crippen LogP contribution < -0.4 is 18.3 Å². The topological polar surface area (TPSA) is 65.0 Å². The maximum Gasteiger partial charge on any atom is 0.216 e. The first-order valence-corrected chi connectivity index (χ1v) is 21.6.